The first kappa shape index (κ1) is 14.7. The van der Waals surface area contributed by atoms with Gasteiger partial charge in [-0.15, -0.1) is 0 Å². The van der Waals surface area contributed by atoms with Crippen molar-refractivity contribution >= 4 is 31.9 Å². The van der Waals surface area contributed by atoms with Crippen molar-refractivity contribution in [2.45, 2.75) is 23.0 Å². The maximum Gasteiger partial charge on any atom is 0.123 e. The van der Waals surface area contributed by atoms with Crippen LogP contribution in [0.25, 0.3) is 0 Å². The first-order chi connectivity index (χ1) is 9.06. The van der Waals surface area contributed by atoms with Crippen molar-refractivity contribution in [3.05, 3.63) is 71.0 Å². The fourth-order valence-electron chi connectivity index (χ4n) is 1.90. The minimum atomic E-state index is -0.197. The molecule has 0 radical (unpaired) electrons. The molecular weight excluding hydrogens is 371 g/mol. The molecule has 3 heteroatoms. The molecular formula is C16H15Br2F. The Morgan fingerprint density at radius 1 is 0.842 bits per heavy atom. The van der Waals surface area contributed by atoms with Crippen molar-refractivity contribution in [3.63, 3.8) is 0 Å². The van der Waals surface area contributed by atoms with Gasteiger partial charge in [0.25, 0.3) is 0 Å². The smallest absolute Gasteiger partial charge is 0.123 e. The fraction of sp³-hybridized carbons (Fsp3) is 0.250. The molecule has 0 saturated carbocycles. The Kier molecular flexibility index (Phi) is 5.17. The summed E-state index contributed by atoms with van der Waals surface area (Å²) in [6.45, 7) is 2.08. The van der Waals surface area contributed by atoms with E-state index in [-0.39, 0.29) is 15.5 Å². The highest BCUT2D eigenvalue weighted by Gasteiger charge is 2.15. The van der Waals surface area contributed by atoms with Crippen LogP contribution in [0.1, 0.15) is 32.8 Å². The van der Waals surface area contributed by atoms with Crippen LogP contribution < -0.4 is 0 Å². The lowest BCUT2D eigenvalue weighted by Gasteiger charge is -2.15. The van der Waals surface area contributed by atoms with Crippen molar-refractivity contribution in [2.24, 2.45) is 0 Å². The number of aryl methyl sites for hydroxylation is 1. The van der Waals surface area contributed by atoms with E-state index in [2.05, 4.69) is 63.0 Å². The maximum atomic E-state index is 12.9. The molecule has 2 rings (SSSR count). The average molecular weight is 386 g/mol. The Balaban J connectivity index is 2.03. The van der Waals surface area contributed by atoms with Crippen LogP contribution in [0.2, 0.25) is 0 Å². The monoisotopic (exact) mass is 384 g/mol. The van der Waals surface area contributed by atoms with Gasteiger partial charge < -0.3 is 0 Å². The molecule has 0 nitrogen and oxygen atoms in total. The summed E-state index contributed by atoms with van der Waals surface area (Å²) in [6.07, 6.45) is 0.911. The van der Waals surface area contributed by atoms with Crippen LogP contribution in [0.5, 0.6) is 0 Å². The van der Waals surface area contributed by atoms with Crippen LogP contribution in [0, 0.1) is 12.7 Å². The van der Waals surface area contributed by atoms with Gasteiger partial charge in [0.05, 0.1) is 0 Å². The number of hydrogen-bond donors (Lipinski definition) is 0. The Morgan fingerprint density at radius 3 is 1.74 bits per heavy atom. The van der Waals surface area contributed by atoms with Gasteiger partial charge in [0.15, 0.2) is 0 Å². The Morgan fingerprint density at radius 2 is 1.26 bits per heavy atom. The summed E-state index contributed by atoms with van der Waals surface area (Å²) in [5.74, 6) is -0.197. The fourth-order valence-corrected chi connectivity index (χ4v) is 3.76. The number of hydrogen-bond acceptors (Lipinski definition) is 0. The lowest BCUT2D eigenvalue weighted by atomic mass is 10.0. The van der Waals surface area contributed by atoms with E-state index in [1.807, 2.05) is 12.1 Å². The van der Waals surface area contributed by atoms with Crippen LogP contribution in [0.15, 0.2) is 48.5 Å². The molecule has 2 aromatic rings. The minimum Gasteiger partial charge on any atom is -0.207 e. The second-order valence-electron chi connectivity index (χ2n) is 4.63. The summed E-state index contributed by atoms with van der Waals surface area (Å²) < 4.78 is 12.9. The molecule has 0 saturated heterocycles. The van der Waals surface area contributed by atoms with Crippen molar-refractivity contribution in [2.75, 3.05) is 0 Å². The topological polar surface area (TPSA) is 0 Å². The van der Waals surface area contributed by atoms with Gasteiger partial charge in [0.2, 0.25) is 0 Å². The summed E-state index contributed by atoms with van der Waals surface area (Å²) in [7, 11) is 0. The van der Waals surface area contributed by atoms with E-state index in [4.69, 9.17) is 0 Å². The second kappa shape index (κ2) is 6.67. The molecule has 0 spiro atoms. The standard InChI is InChI=1S/C16H15Br2F/c1-11-2-4-12(5-3-11)15(17)10-16(18)13-6-8-14(19)9-7-13/h2-9,15-16H,10H2,1H3. The number of alkyl halides is 2. The number of rotatable bonds is 4. The van der Waals surface area contributed by atoms with Crippen LogP contribution in [-0.4, -0.2) is 0 Å². The third-order valence-corrected chi connectivity index (χ3v) is 4.89. The zero-order valence-electron chi connectivity index (χ0n) is 10.6. The molecule has 0 heterocycles. The van der Waals surface area contributed by atoms with Gasteiger partial charge in [-0.05, 0) is 36.6 Å². The van der Waals surface area contributed by atoms with Crippen molar-refractivity contribution < 1.29 is 4.39 Å². The van der Waals surface area contributed by atoms with E-state index in [9.17, 15) is 4.39 Å². The normalized spacial score (nSPS) is 14.1. The molecule has 0 N–H and O–H groups in total. The predicted molar refractivity (Wildman–Crippen MR) is 85.5 cm³/mol. The Hall–Kier alpha value is -0.670. The highest BCUT2D eigenvalue weighted by Crippen LogP contribution is 2.37. The third kappa shape index (κ3) is 4.15. The number of benzene rings is 2. The molecule has 2 unspecified atom stereocenters. The van der Waals surface area contributed by atoms with Crippen LogP contribution in [0.4, 0.5) is 4.39 Å². The Bertz CT molecular complexity index is 470. The highest BCUT2D eigenvalue weighted by atomic mass is 79.9. The molecule has 19 heavy (non-hydrogen) atoms. The molecule has 0 aliphatic rings. The van der Waals surface area contributed by atoms with Crippen molar-refractivity contribution in [1.82, 2.24) is 0 Å². The first-order valence-electron chi connectivity index (χ1n) is 6.16. The molecule has 0 fully saturated rings. The molecule has 2 aromatic carbocycles. The SMILES string of the molecule is Cc1ccc(C(Br)CC(Br)c2ccc(F)cc2)cc1. The number of halogens is 3. The molecule has 0 amide bonds. The van der Waals surface area contributed by atoms with Gasteiger partial charge >= 0.3 is 0 Å². The Labute approximate surface area is 130 Å². The van der Waals surface area contributed by atoms with Crippen LogP contribution in [0.3, 0.4) is 0 Å². The molecule has 0 bridgehead atoms. The summed E-state index contributed by atoms with van der Waals surface area (Å²) in [4.78, 5) is 0.487. The summed E-state index contributed by atoms with van der Waals surface area (Å²) in [5, 5.41) is 0. The van der Waals surface area contributed by atoms with Gasteiger partial charge in [-0.25, -0.2) is 4.39 Å². The summed E-state index contributed by atoms with van der Waals surface area (Å²) in [5.41, 5.74) is 3.62. The largest absolute Gasteiger partial charge is 0.207 e. The van der Waals surface area contributed by atoms with E-state index in [0.717, 1.165) is 12.0 Å². The molecule has 100 valence electrons. The van der Waals surface area contributed by atoms with Crippen molar-refractivity contribution in [3.8, 4) is 0 Å². The van der Waals surface area contributed by atoms with E-state index >= 15 is 0 Å². The first-order valence-corrected chi connectivity index (χ1v) is 7.99. The van der Waals surface area contributed by atoms with Crippen LogP contribution >= 0.6 is 31.9 Å². The average Bonchev–Trinajstić information content (AvgIpc) is 2.40. The van der Waals surface area contributed by atoms with Gasteiger partial charge in [-0.3, -0.25) is 0 Å². The quantitative estimate of drug-likeness (QED) is 0.558. The van der Waals surface area contributed by atoms with Gasteiger partial charge in [0, 0.05) is 9.65 Å². The maximum absolute atomic E-state index is 12.9. The summed E-state index contributed by atoms with van der Waals surface area (Å²) >= 11 is 7.39. The van der Waals surface area contributed by atoms with E-state index in [1.165, 1.54) is 23.3 Å². The molecule has 0 aromatic heterocycles. The lowest BCUT2D eigenvalue weighted by Crippen LogP contribution is -1.97. The molecule has 0 aliphatic heterocycles. The van der Waals surface area contributed by atoms with E-state index < -0.39 is 0 Å². The summed E-state index contributed by atoms with van der Waals surface area (Å²) in [6, 6.07) is 15.2. The van der Waals surface area contributed by atoms with Gasteiger partial charge in [-0.1, -0.05) is 73.8 Å². The second-order valence-corrected chi connectivity index (χ2v) is 6.84. The van der Waals surface area contributed by atoms with Gasteiger partial charge in [0.1, 0.15) is 5.82 Å². The highest BCUT2D eigenvalue weighted by molar-refractivity contribution is 9.09. The van der Waals surface area contributed by atoms with E-state index in [1.54, 1.807) is 0 Å². The molecule has 0 aliphatic carbocycles. The molecule has 2 atom stereocenters. The zero-order chi connectivity index (χ0) is 13.8. The van der Waals surface area contributed by atoms with E-state index in [0.29, 0.717) is 0 Å². The van der Waals surface area contributed by atoms with Gasteiger partial charge in [-0.2, -0.15) is 0 Å². The minimum absolute atomic E-state index is 0.197. The lowest BCUT2D eigenvalue weighted by molar-refractivity contribution is 0.626. The van der Waals surface area contributed by atoms with Crippen LogP contribution in [-0.2, 0) is 0 Å². The van der Waals surface area contributed by atoms with Crippen molar-refractivity contribution in [1.29, 1.82) is 0 Å². The zero-order valence-corrected chi connectivity index (χ0v) is 13.8. The predicted octanol–water partition coefficient (Wildman–Crippen LogP) is 6.10. The third-order valence-electron chi connectivity index (χ3n) is 3.08.